The first-order valence-corrected chi connectivity index (χ1v) is 10.2. The van der Waals surface area contributed by atoms with Crippen LogP contribution < -0.4 is 10.6 Å². The van der Waals surface area contributed by atoms with Crippen LogP contribution in [0.3, 0.4) is 0 Å². The van der Waals surface area contributed by atoms with Gasteiger partial charge in [-0.25, -0.2) is 0 Å². The fourth-order valence-corrected chi connectivity index (χ4v) is 4.13. The number of likely N-dealkylation sites (tertiary alicyclic amines) is 1. The molecule has 25 heavy (non-hydrogen) atoms. The number of benzene rings is 1. The zero-order chi connectivity index (χ0) is 17.1. The highest BCUT2D eigenvalue weighted by Crippen LogP contribution is 2.47. The molecule has 1 heterocycles. The number of guanidine groups is 1. The van der Waals surface area contributed by atoms with Gasteiger partial charge in [-0.2, -0.15) is 0 Å². The van der Waals surface area contributed by atoms with E-state index < -0.39 is 0 Å². The third-order valence-electron chi connectivity index (χ3n) is 5.91. The van der Waals surface area contributed by atoms with Gasteiger partial charge in [0.25, 0.3) is 0 Å². The third kappa shape index (κ3) is 4.55. The summed E-state index contributed by atoms with van der Waals surface area (Å²) >= 11 is 0. The first-order chi connectivity index (χ1) is 12.3. The molecule has 4 heteroatoms. The maximum atomic E-state index is 4.89. The van der Waals surface area contributed by atoms with Crippen LogP contribution in [0.1, 0.15) is 50.5 Å². The van der Waals surface area contributed by atoms with E-state index in [1.807, 2.05) is 0 Å². The molecule has 2 atom stereocenters. The van der Waals surface area contributed by atoms with E-state index in [1.54, 1.807) is 0 Å². The minimum Gasteiger partial charge on any atom is -0.357 e. The smallest absolute Gasteiger partial charge is 0.191 e. The summed E-state index contributed by atoms with van der Waals surface area (Å²) in [7, 11) is 0. The predicted molar refractivity (Wildman–Crippen MR) is 104 cm³/mol. The molecule has 1 aromatic carbocycles. The average Bonchev–Trinajstić information content (AvgIpc) is 3.56. The van der Waals surface area contributed by atoms with Crippen molar-refractivity contribution in [2.24, 2.45) is 10.9 Å². The fraction of sp³-hybridized carbons (Fsp3) is 0.667. The highest BCUT2D eigenvalue weighted by atomic mass is 15.2. The third-order valence-corrected chi connectivity index (χ3v) is 5.91. The number of rotatable bonds is 6. The topological polar surface area (TPSA) is 39.7 Å². The Labute approximate surface area is 152 Å². The highest BCUT2D eigenvalue weighted by Gasteiger charge is 2.38. The van der Waals surface area contributed by atoms with Crippen LogP contribution in [0.25, 0.3) is 0 Å². The Bertz CT molecular complexity index is 573. The molecule has 0 spiro atoms. The first kappa shape index (κ1) is 16.9. The van der Waals surface area contributed by atoms with Crippen LogP contribution in [0, 0.1) is 5.92 Å². The average molecular weight is 341 g/mol. The Kier molecular flexibility index (Phi) is 5.25. The molecule has 4 nitrogen and oxygen atoms in total. The number of aliphatic imine (C=N–C) groups is 1. The van der Waals surface area contributed by atoms with E-state index in [0.717, 1.165) is 36.9 Å². The van der Waals surface area contributed by atoms with E-state index in [9.17, 15) is 0 Å². The van der Waals surface area contributed by atoms with Crippen molar-refractivity contribution in [3.05, 3.63) is 35.9 Å². The molecule has 0 amide bonds. The van der Waals surface area contributed by atoms with Gasteiger partial charge in [-0.1, -0.05) is 30.3 Å². The summed E-state index contributed by atoms with van der Waals surface area (Å²) in [6, 6.07) is 12.4. The van der Waals surface area contributed by atoms with Gasteiger partial charge in [0.15, 0.2) is 5.96 Å². The number of hydrogen-bond acceptors (Lipinski definition) is 2. The number of nitrogens with one attached hydrogen (secondary N) is 2. The molecule has 2 saturated carbocycles. The highest BCUT2D eigenvalue weighted by molar-refractivity contribution is 5.80. The van der Waals surface area contributed by atoms with Gasteiger partial charge in [-0.15, -0.1) is 0 Å². The van der Waals surface area contributed by atoms with E-state index >= 15 is 0 Å². The van der Waals surface area contributed by atoms with Crippen LogP contribution in [0.2, 0.25) is 0 Å². The zero-order valence-electron chi connectivity index (χ0n) is 15.5. The van der Waals surface area contributed by atoms with Crippen molar-refractivity contribution < 1.29 is 0 Å². The van der Waals surface area contributed by atoms with Crippen LogP contribution in [0.5, 0.6) is 0 Å². The molecule has 2 aliphatic carbocycles. The summed E-state index contributed by atoms with van der Waals surface area (Å²) < 4.78 is 0. The van der Waals surface area contributed by atoms with Gasteiger partial charge in [0.2, 0.25) is 0 Å². The molecule has 2 N–H and O–H groups in total. The summed E-state index contributed by atoms with van der Waals surface area (Å²) in [5, 5.41) is 7.13. The Morgan fingerprint density at radius 3 is 2.56 bits per heavy atom. The van der Waals surface area contributed by atoms with Crippen LogP contribution in [0.15, 0.2) is 35.3 Å². The molecular weight excluding hydrogens is 308 g/mol. The molecule has 3 aliphatic rings. The molecular formula is C21H32N4. The molecule has 0 radical (unpaired) electrons. The van der Waals surface area contributed by atoms with Crippen LogP contribution in [-0.4, -0.2) is 49.1 Å². The van der Waals surface area contributed by atoms with Gasteiger partial charge in [0.05, 0.1) is 0 Å². The van der Waals surface area contributed by atoms with Crippen LogP contribution in [-0.2, 0) is 0 Å². The van der Waals surface area contributed by atoms with Crippen molar-refractivity contribution in [3.63, 3.8) is 0 Å². The lowest BCUT2D eigenvalue weighted by Gasteiger charge is -2.33. The van der Waals surface area contributed by atoms with Crippen molar-refractivity contribution in [2.75, 3.05) is 26.2 Å². The monoisotopic (exact) mass is 340 g/mol. The Morgan fingerprint density at radius 1 is 1.12 bits per heavy atom. The number of nitrogens with zero attached hydrogens (tertiary/aromatic N) is 2. The van der Waals surface area contributed by atoms with Gasteiger partial charge in [0.1, 0.15) is 0 Å². The van der Waals surface area contributed by atoms with E-state index in [0.29, 0.717) is 6.04 Å². The SMILES string of the molecule is CCNC(=NCC1CC1c1ccccc1)NC1CCN(C2CC2)CC1. The quantitative estimate of drug-likeness (QED) is 0.618. The molecule has 2 unspecified atom stereocenters. The summed E-state index contributed by atoms with van der Waals surface area (Å²) in [4.78, 5) is 7.57. The van der Waals surface area contributed by atoms with E-state index in [4.69, 9.17) is 4.99 Å². The summed E-state index contributed by atoms with van der Waals surface area (Å²) in [5.74, 6) is 2.45. The van der Waals surface area contributed by atoms with Crippen molar-refractivity contribution >= 4 is 5.96 Å². The standard InChI is InChI=1S/C21H32N4/c1-2-22-21(24-18-10-12-25(13-11-18)19-8-9-19)23-15-17-14-20(17)16-6-4-3-5-7-16/h3-7,17-20H,2,8-15H2,1H3,(H2,22,23,24). The van der Waals surface area contributed by atoms with Crippen molar-refractivity contribution in [2.45, 2.75) is 57.0 Å². The van der Waals surface area contributed by atoms with Gasteiger partial charge in [-0.05, 0) is 56.4 Å². The van der Waals surface area contributed by atoms with E-state index in [2.05, 4.69) is 52.8 Å². The maximum absolute atomic E-state index is 4.89. The van der Waals surface area contributed by atoms with Crippen LogP contribution in [0.4, 0.5) is 0 Å². The normalized spacial score (nSPS) is 28.0. The second-order valence-electron chi connectivity index (χ2n) is 7.92. The second-order valence-corrected chi connectivity index (χ2v) is 7.92. The molecule has 1 aromatic rings. The van der Waals surface area contributed by atoms with E-state index in [-0.39, 0.29) is 0 Å². The minimum atomic E-state index is 0.580. The predicted octanol–water partition coefficient (Wildman–Crippen LogP) is 2.97. The fourth-order valence-electron chi connectivity index (χ4n) is 4.13. The van der Waals surface area contributed by atoms with Crippen molar-refractivity contribution in [1.29, 1.82) is 0 Å². The lowest BCUT2D eigenvalue weighted by atomic mass is 10.1. The summed E-state index contributed by atoms with van der Waals surface area (Å²) in [6.07, 6.45) is 6.62. The van der Waals surface area contributed by atoms with Gasteiger partial charge in [0, 0.05) is 38.3 Å². The largest absolute Gasteiger partial charge is 0.357 e. The molecule has 3 fully saturated rings. The second kappa shape index (κ2) is 7.77. The van der Waals surface area contributed by atoms with Gasteiger partial charge >= 0.3 is 0 Å². The molecule has 0 aromatic heterocycles. The lowest BCUT2D eigenvalue weighted by Crippen LogP contribution is -2.49. The Balaban J connectivity index is 1.25. The number of hydrogen-bond donors (Lipinski definition) is 2. The van der Waals surface area contributed by atoms with Crippen molar-refractivity contribution in [1.82, 2.24) is 15.5 Å². The lowest BCUT2D eigenvalue weighted by molar-refractivity contribution is 0.197. The Hall–Kier alpha value is -1.55. The van der Waals surface area contributed by atoms with Crippen LogP contribution >= 0.6 is 0 Å². The zero-order valence-corrected chi connectivity index (χ0v) is 15.5. The molecule has 4 rings (SSSR count). The first-order valence-electron chi connectivity index (χ1n) is 10.2. The minimum absolute atomic E-state index is 0.580. The summed E-state index contributed by atoms with van der Waals surface area (Å²) in [5.41, 5.74) is 1.48. The molecule has 0 bridgehead atoms. The maximum Gasteiger partial charge on any atom is 0.191 e. The van der Waals surface area contributed by atoms with Gasteiger partial charge in [-0.3, -0.25) is 4.99 Å². The molecule has 1 aliphatic heterocycles. The van der Waals surface area contributed by atoms with Crippen molar-refractivity contribution in [3.8, 4) is 0 Å². The van der Waals surface area contributed by atoms with Gasteiger partial charge < -0.3 is 15.5 Å². The Morgan fingerprint density at radius 2 is 1.88 bits per heavy atom. The van der Waals surface area contributed by atoms with E-state index in [1.165, 1.54) is 50.8 Å². The molecule has 136 valence electrons. The molecule has 1 saturated heterocycles. The number of piperidine rings is 1. The summed E-state index contributed by atoms with van der Waals surface area (Å²) in [6.45, 7) is 6.52.